The van der Waals surface area contributed by atoms with Crippen molar-refractivity contribution < 1.29 is 37.0 Å². The Morgan fingerprint density at radius 2 is 1.61 bits per heavy atom. The SMILES string of the molecule is O=C1NC(=O)c2c(Oc3cccc(CCCOCCCN4CCN(Cc5ccc(-c6c[nH]c7nc(NCCC(F)(F)F)ncc67)cc5)CC4)c3)cccc2C1=O. The van der Waals surface area contributed by atoms with Crippen molar-refractivity contribution in [3.8, 4) is 22.6 Å². The number of ether oxygens (including phenoxy) is 2. The van der Waals surface area contributed by atoms with E-state index in [2.05, 4.69) is 59.7 Å². The third-order valence-electron chi connectivity index (χ3n) is 9.83. The number of imide groups is 1. The molecular formula is C41H42F3N7O5. The first-order chi connectivity index (χ1) is 27.1. The van der Waals surface area contributed by atoms with Crippen LogP contribution < -0.4 is 15.4 Å². The highest BCUT2D eigenvalue weighted by Crippen LogP contribution is 2.31. The van der Waals surface area contributed by atoms with Crippen LogP contribution in [0.5, 0.6) is 11.5 Å². The van der Waals surface area contributed by atoms with Crippen LogP contribution in [0.15, 0.2) is 79.1 Å². The zero-order valence-electron chi connectivity index (χ0n) is 30.7. The number of halogens is 3. The minimum Gasteiger partial charge on any atom is -0.457 e. The number of ketones is 1. The van der Waals surface area contributed by atoms with Crippen molar-refractivity contribution >= 4 is 34.6 Å². The van der Waals surface area contributed by atoms with Crippen LogP contribution in [0.1, 0.15) is 51.1 Å². The molecule has 292 valence electrons. The van der Waals surface area contributed by atoms with Gasteiger partial charge in [0.1, 0.15) is 17.1 Å². The summed E-state index contributed by atoms with van der Waals surface area (Å²) in [6, 6.07) is 20.6. The number of benzene rings is 3. The van der Waals surface area contributed by atoms with E-state index in [1.807, 2.05) is 24.4 Å². The average Bonchev–Trinajstić information content (AvgIpc) is 3.60. The quantitative estimate of drug-likeness (QED) is 0.0588. The van der Waals surface area contributed by atoms with Crippen molar-refractivity contribution in [3.05, 3.63) is 101 Å². The second-order valence-corrected chi connectivity index (χ2v) is 13.9. The molecule has 5 aromatic rings. The van der Waals surface area contributed by atoms with E-state index in [-0.39, 0.29) is 29.4 Å². The Morgan fingerprint density at radius 3 is 2.41 bits per heavy atom. The molecule has 0 saturated carbocycles. The summed E-state index contributed by atoms with van der Waals surface area (Å²) in [5.74, 6) is -1.45. The lowest BCUT2D eigenvalue weighted by Crippen LogP contribution is -2.46. The number of nitrogens with zero attached hydrogens (tertiary/aromatic N) is 4. The fourth-order valence-corrected chi connectivity index (χ4v) is 6.91. The fraction of sp³-hybridized carbons (Fsp3) is 0.341. The van der Waals surface area contributed by atoms with Crippen molar-refractivity contribution in [2.45, 2.75) is 38.4 Å². The Balaban J connectivity index is 0.779. The summed E-state index contributed by atoms with van der Waals surface area (Å²) in [5, 5.41) is 5.50. The van der Waals surface area contributed by atoms with E-state index in [0.717, 1.165) is 80.6 Å². The van der Waals surface area contributed by atoms with Gasteiger partial charge < -0.3 is 24.7 Å². The number of hydrogen-bond acceptors (Lipinski definition) is 10. The van der Waals surface area contributed by atoms with Crippen molar-refractivity contribution in [2.75, 3.05) is 57.8 Å². The van der Waals surface area contributed by atoms with E-state index in [9.17, 15) is 27.6 Å². The zero-order valence-corrected chi connectivity index (χ0v) is 30.7. The molecule has 1 saturated heterocycles. The topological polar surface area (TPSA) is 142 Å². The largest absolute Gasteiger partial charge is 0.457 e. The number of Topliss-reactive ketones (excluding diaryl/α,β-unsaturated/α-hetero) is 1. The Morgan fingerprint density at radius 1 is 0.839 bits per heavy atom. The highest BCUT2D eigenvalue weighted by molar-refractivity contribution is 6.49. The van der Waals surface area contributed by atoms with E-state index >= 15 is 0 Å². The van der Waals surface area contributed by atoms with E-state index in [1.165, 1.54) is 11.6 Å². The van der Waals surface area contributed by atoms with Gasteiger partial charge in [-0.15, -0.1) is 0 Å². The van der Waals surface area contributed by atoms with Gasteiger partial charge in [-0.1, -0.05) is 42.5 Å². The number of amides is 2. The van der Waals surface area contributed by atoms with Gasteiger partial charge in [0, 0.05) is 87.9 Å². The van der Waals surface area contributed by atoms with Crippen molar-refractivity contribution in [3.63, 3.8) is 0 Å². The van der Waals surface area contributed by atoms with Gasteiger partial charge >= 0.3 is 6.18 Å². The molecule has 1 fully saturated rings. The molecule has 12 nitrogen and oxygen atoms in total. The minimum absolute atomic E-state index is 0.0371. The number of nitrogens with one attached hydrogen (secondary N) is 3. The molecule has 3 aromatic carbocycles. The van der Waals surface area contributed by atoms with Gasteiger partial charge in [-0.3, -0.25) is 24.6 Å². The summed E-state index contributed by atoms with van der Waals surface area (Å²) >= 11 is 0. The molecule has 0 atom stereocenters. The molecule has 15 heteroatoms. The lowest BCUT2D eigenvalue weighted by molar-refractivity contribution is -0.131. The normalized spacial score (nSPS) is 15.2. The predicted octanol–water partition coefficient (Wildman–Crippen LogP) is 6.39. The van der Waals surface area contributed by atoms with Crippen LogP contribution in [0.2, 0.25) is 0 Å². The first kappa shape index (κ1) is 38.6. The van der Waals surface area contributed by atoms with Crippen LogP contribution in [0.25, 0.3) is 22.2 Å². The number of piperazine rings is 1. The molecule has 2 aromatic heterocycles. The van der Waals surface area contributed by atoms with Gasteiger partial charge in [0.15, 0.2) is 0 Å². The number of aromatic nitrogens is 3. The summed E-state index contributed by atoms with van der Waals surface area (Å²) in [4.78, 5) is 53.0. The number of anilines is 1. The fourth-order valence-electron chi connectivity index (χ4n) is 6.91. The van der Waals surface area contributed by atoms with E-state index in [4.69, 9.17) is 9.47 Å². The molecule has 0 bridgehead atoms. The highest BCUT2D eigenvalue weighted by Gasteiger charge is 2.33. The molecule has 0 unspecified atom stereocenters. The number of aryl methyl sites for hydroxylation is 1. The number of aromatic amines is 1. The minimum atomic E-state index is -4.24. The third-order valence-corrected chi connectivity index (χ3v) is 9.83. The maximum Gasteiger partial charge on any atom is 0.390 e. The van der Waals surface area contributed by atoms with Crippen molar-refractivity contribution in [1.29, 1.82) is 0 Å². The van der Waals surface area contributed by atoms with Crippen molar-refractivity contribution in [1.82, 2.24) is 30.1 Å². The van der Waals surface area contributed by atoms with Crippen LogP contribution in [-0.4, -0.2) is 101 Å². The molecule has 2 aliphatic heterocycles. The maximum atomic E-state index is 12.5. The molecule has 3 N–H and O–H groups in total. The summed E-state index contributed by atoms with van der Waals surface area (Å²) < 4.78 is 49.3. The third kappa shape index (κ3) is 9.77. The first-order valence-electron chi connectivity index (χ1n) is 18.7. The number of fused-ring (bicyclic) bond motifs is 2. The van der Waals surface area contributed by atoms with E-state index in [0.29, 0.717) is 24.6 Å². The number of carbonyl (C=O) groups excluding carboxylic acids is 3. The van der Waals surface area contributed by atoms with Crippen molar-refractivity contribution in [2.24, 2.45) is 0 Å². The Labute approximate surface area is 321 Å². The zero-order chi connectivity index (χ0) is 39.1. The summed E-state index contributed by atoms with van der Waals surface area (Å²) in [7, 11) is 0. The van der Waals surface area contributed by atoms with Gasteiger partial charge in [-0.05, 0) is 60.2 Å². The van der Waals surface area contributed by atoms with Crippen LogP contribution in [0, 0.1) is 0 Å². The molecule has 2 aliphatic rings. The first-order valence-corrected chi connectivity index (χ1v) is 18.7. The second kappa shape index (κ2) is 17.4. The Kier molecular flexibility index (Phi) is 12.0. The predicted molar refractivity (Wildman–Crippen MR) is 204 cm³/mol. The van der Waals surface area contributed by atoms with Crippen LogP contribution >= 0.6 is 0 Å². The molecule has 2 amide bonds. The van der Waals surface area contributed by atoms with Gasteiger partial charge in [0.2, 0.25) is 5.95 Å². The average molecular weight is 770 g/mol. The van der Waals surface area contributed by atoms with Gasteiger partial charge in [0.25, 0.3) is 17.6 Å². The lowest BCUT2D eigenvalue weighted by Gasteiger charge is -2.34. The standard InChI is InChI=1S/C41H42F3N7O5/c42-41(43,44)14-15-45-40-47-25-33-32(24-46-37(33)48-40)29-12-10-28(11-13-29)26-51-19-17-50(18-20-51)16-4-22-55-21-3-6-27-5-1-7-30(23-27)56-34-9-2-8-31-35(34)38(53)49-39(54)36(31)52/h1-2,5,7-13,23-25H,3-4,6,14-22,26H2,(H,49,53,54)(H2,45,46,47,48). The molecule has 0 spiro atoms. The van der Waals surface area contributed by atoms with Gasteiger partial charge in [0.05, 0.1) is 12.0 Å². The lowest BCUT2D eigenvalue weighted by atomic mass is 9.98. The second-order valence-electron chi connectivity index (χ2n) is 13.9. The Bertz CT molecular complexity index is 2180. The number of hydrogen-bond donors (Lipinski definition) is 3. The van der Waals surface area contributed by atoms with Crippen LogP contribution in [0.3, 0.4) is 0 Å². The molecule has 0 radical (unpaired) electrons. The molecule has 4 heterocycles. The maximum absolute atomic E-state index is 12.5. The number of rotatable bonds is 16. The molecular weight excluding hydrogens is 727 g/mol. The monoisotopic (exact) mass is 769 g/mol. The van der Waals surface area contributed by atoms with E-state index < -0.39 is 30.2 Å². The summed E-state index contributed by atoms with van der Waals surface area (Å²) in [6.45, 7) is 6.89. The van der Waals surface area contributed by atoms with Crippen LogP contribution in [0.4, 0.5) is 19.1 Å². The Hall–Kier alpha value is -5.64. The number of alkyl halides is 3. The number of carbonyl (C=O) groups is 3. The number of H-pyrrole nitrogens is 1. The summed E-state index contributed by atoms with van der Waals surface area (Å²) in [6.07, 6.45) is 0.877. The van der Waals surface area contributed by atoms with Gasteiger partial charge in [-0.2, -0.15) is 18.2 Å². The molecule has 56 heavy (non-hydrogen) atoms. The summed E-state index contributed by atoms with van der Waals surface area (Å²) in [5.41, 5.74) is 4.88. The smallest absolute Gasteiger partial charge is 0.390 e. The van der Waals surface area contributed by atoms with E-state index in [1.54, 1.807) is 24.4 Å². The molecule has 7 rings (SSSR count). The van der Waals surface area contributed by atoms with Gasteiger partial charge in [-0.25, -0.2) is 4.98 Å². The highest BCUT2D eigenvalue weighted by atomic mass is 19.4. The van der Waals surface area contributed by atoms with Crippen LogP contribution in [-0.2, 0) is 22.5 Å². The molecule has 0 aliphatic carbocycles.